The van der Waals surface area contributed by atoms with E-state index in [-0.39, 0.29) is 6.10 Å². The zero-order valence-electron chi connectivity index (χ0n) is 13.5. The first-order valence-corrected chi connectivity index (χ1v) is 8.08. The summed E-state index contributed by atoms with van der Waals surface area (Å²) in [6.45, 7) is 3.82. The molecule has 7 nitrogen and oxygen atoms in total. The van der Waals surface area contributed by atoms with Gasteiger partial charge in [0.05, 0.1) is 23.4 Å². The van der Waals surface area contributed by atoms with Crippen LogP contribution >= 0.6 is 11.6 Å². The summed E-state index contributed by atoms with van der Waals surface area (Å²) in [6.07, 6.45) is 3.33. The van der Waals surface area contributed by atoms with E-state index in [1.165, 1.54) is 0 Å². The van der Waals surface area contributed by atoms with Gasteiger partial charge in [-0.15, -0.1) is 0 Å². The van der Waals surface area contributed by atoms with Crippen LogP contribution in [0.1, 0.15) is 13.8 Å². The number of benzene rings is 1. The highest BCUT2D eigenvalue weighted by molar-refractivity contribution is 6.32. The highest BCUT2D eigenvalue weighted by Crippen LogP contribution is 2.29. The summed E-state index contributed by atoms with van der Waals surface area (Å²) >= 11 is 6.21. The number of aromatic nitrogens is 5. The molecule has 0 aliphatic carbocycles. The first-order valence-electron chi connectivity index (χ1n) is 7.70. The predicted octanol–water partition coefficient (Wildman–Crippen LogP) is 4.12. The molecule has 0 aliphatic heterocycles. The normalized spacial score (nSPS) is 11.4. The predicted molar refractivity (Wildman–Crippen MR) is 93.4 cm³/mol. The number of rotatable bonds is 4. The van der Waals surface area contributed by atoms with Crippen LogP contribution in [0, 0.1) is 0 Å². The van der Waals surface area contributed by atoms with Crippen molar-refractivity contribution in [1.82, 2.24) is 25.3 Å². The Hall–Kier alpha value is -2.93. The van der Waals surface area contributed by atoms with Gasteiger partial charge in [0.1, 0.15) is 5.02 Å². The average Bonchev–Trinajstić information content (AvgIpc) is 3.24. The van der Waals surface area contributed by atoms with Crippen LogP contribution in [0.25, 0.3) is 33.7 Å². The van der Waals surface area contributed by atoms with Crippen LogP contribution in [0.5, 0.6) is 5.88 Å². The molecule has 0 atom stereocenters. The van der Waals surface area contributed by atoms with Gasteiger partial charge in [0.15, 0.2) is 0 Å². The van der Waals surface area contributed by atoms with Gasteiger partial charge in [0, 0.05) is 17.1 Å². The number of fused-ring (bicyclic) bond motifs is 1. The van der Waals surface area contributed by atoms with Crippen molar-refractivity contribution < 1.29 is 9.26 Å². The van der Waals surface area contributed by atoms with E-state index in [0.717, 1.165) is 16.5 Å². The van der Waals surface area contributed by atoms with Crippen molar-refractivity contribution in [1.29, 1.82) is 0 Å². The molecule has 0 saturated heterocycles. The van der Waals surface area contributed by atoms with E-state index in [4.69, 9.17) is 20.9 Å². The molecular formula is C17H14ClN5O2. The minimum atomic E-state index is -0.0105. The lowest BCUT2D eigenvalue weighted by Gasteiger charge is -2.09. The van der Waals surface area contributed by atoms with E-state index >= 15 is 0 Å². The molecule has 0 unspecified atom stereocenters. The van der Waals surface area contributed by atoms with E-state index in [1.54, 1.807) is 18.5 Å². The Morgan fingerprint density at radius 1 is 1.16 bits per heavy atom. The zero-order chi connectivity index (χ0) is 17.4. The number of aromatic amines is 1. The molecule has 0 spiro atoms. The standard InChI is InChI=1S/C17H14ClN5O2/c1-9(2)24-17-13(18)6-12(7-19-17)16-21-15(23-25-16)10-3-4-14-11(5-10)8-20-22-14/h3-9H,1-2H3,(H,20,22). The van der Waals surface area contributed by atoms with Crippen molar-refractivity contribution in [3.8, 4) is 28.7 Å². The Balaban J connectivity index is 1.65. The topological polar surface area (TPSA) is 89.7 Å². The molecule has 1 N–H and O–H groups in total. The third kappa shape index (κ3) is 3.06. The monoisotopic (exact) mass is 355 g/mol. The Morgan fingerprint density at radius 2 is 2.04 bits per heavy atom. The number of hydrogen-bond acceptors (Lipinski definition) is 6. The zero-order valence-corrected chi connectivity index (χ0v) is 14.3. The van der Waals surface area contributed by atoms with E-state index in [9.17, 15) is 0 Å². The van der Waals surface area contributed by atoms with Gasteiger partial charge in [-0.25, -0.2) is 4.98 Å². The largest absolute Gasteiger partial charge is 0.474 e. The van der Waals surface area contributed by atoms with Gasteiger partial charge in [-0.1, -0.05) is 16.8 Å². The van der Waals surface area contributed by atoms with Crippen LogP contribution in [-0.2, 0) is 0 Å². The third-order valence-corrected chi connectivity index (χ3v) is 3.80. The van der Waals surface area contributed by atoms with Gasteiger partial charge >= 0.3 is 0 Å². The highest BCUT2D eigenvalue weighted by atomic mass is 35.5. The summed E-state index contributed by atoms with van der Waals surface area (Å²) in [5.41, 5.74) is 2.41. The molecule has 8 heteroatoms. The summed E-state index contributed by atoms with van der Waals surface area (Å²) in [4.78, 5) is 8.64. The van der Waals surface area contributed by atoms with Gasteiger partial charge < -0.3 is 9.26 Å². The SMILES string of the molecule is CC(C)Oc1ncc(-c2nc(-c3ccc4[nH]ncc4c3)no2)cc1Cl. The number of pyridine rings is 1. The molecule has 3 aromatic heterocycles. The minimum absolute atomic E-state index is 0.0105. The van der Waals surface area contributed by atoms with Crippen LogP contribution in [0.2, 0.25) is 5.02 Å². The summed E-state index contributed by atoms with van der Waals surface area (Å²) in [5, 5.41) is 12.3. The fourth-order valence-electron chi connectivity index (χ4n) is 2.39. The van der Waals surface area contributed by atoms with Crippen LogP contribution in [0.15, 0.2) is 41.2 Å². The molecule has 4 aromatic rings. The van der Waals surface area contributed by atoms with Gasteiger partial charge in [0.2, 0.25) is 11.7 Å². The molecule has 25 heavy (non-hydrogen) atoms. The molecule has 0 amide bonds. The Labute approximate surface area is 148 Å². The number of hydrogen-bond donors (Lipinski definition) is 1. The fraction of sp³-hybridized carbons (Fsp3) is 0.176. The van der Waals surface area contributed by atoms with Crippen LogP contribution < -0.4 is 4.74 Å². The van der Waals surface area contributed by atoms with Crippen LogP contribution in [0.4, 0.5) is 0 Å². The van der Waals surface area contributed by atoms with Gasteiger partial charge in [-0.2, -0.15) is 10.1 Å². The second-order valence-corrected chi connectivity index (χ2v) is 6.18. The first-order chi connectivity index (χ1) is 12.1. The van der Waals surface area contributed by atoms with Gasteiger partial charge in [0.25, 0.3) is 5.89 Å². The molecule has 0 aliphatic rings. The molecule has 1 aromatic carbocycles. The summed E-state index contributed by atoms with van der Waals surface area (Å²) in [5.74, 6) is 1.20. The number of nitrogens with zero attached hydrogens (tertiary/aromatic N) is 4. The van der Waals surface area contributed by atoms with Crippen molar-refractivity contribution in [3.05, 3.63) is 41.7 Å². The number of nitrogens with one attached hydrogen (secondary N) is 1. The molecule has 0 bridgehead atoms. The number of halogens is 1. The molecule has 0 radical (unpaired) electrons. The molecule has 126 valence electrons. The molecule has 0 fully saturated rings. The molecule has 0 saturated carbocycles. The number of ether oxygens (including phenoxy) is 1. The smallest absolute Gasteiger partial charge is 0.259 e. The Bertz CT molecular complexity index is 1040. The first kappa shape index (κ1) is 15.6. The van der Waals surface area contributed by atoms with E-state index < -0.39 is 0 Å². The maximum atomic E-state index is 6.21. The van der Waals surface area contributed by atoms with Crippen molar-refractivity contribution in [2.75, 3.05) is 0 Å². The van der Waals surface area contributed by atoms with Crippen LogP contribution in [0.3, 0.4) is 0 Å². The lowest BCUT2D eigenvalue weighted by molar-refractivity contribution is 0.233. The average molecular weight is 356 g/mol. The summed E-state index contributed by atoms with van der Waals surface area (Å²) < 4.78 is 10.9. The second-order valence-electron chi connectivity index (χ2n) is 5.77. The minimum Gasteiger partial charge on any atom is -0.474 e. The molecular weight excluding hydrogens is 342 g/mol. The van der Waals surface area contributed by atoms with E-state index in [0.29, 0.717) is 28.2 Å². The van der Waals surface area contributed by atoms with Gasteiger partial charge in [-0.3, -0.25) is 5.10 Å². The maximum absolute atomic E-state index is 6.21. The lowest BCUT2D eigenvalue weighted by atomic mass is 10.1. The Kier molecular flexibility index (Phi) is 3.85. The summed E-state index contributed by atoms with van der Waals surface area (Å²) in [7, 11) is 0. The van der Waals surface area contributed by atoms with Crippen molar-refractivity contribution in [3.63, 3.8) is 0 Å². The molecule has 4 rings (SSSR count). The lowest BCUT2D eigenvalue weighted by Crippen LogP contribution is -2.07. The summed E-state index contributed by atoms with van der Waals surface area (Å²) in [6, 6.07) is 7.46. The second kappa shape index (κ2) is 6.18. The van der Waals surface area contributed by atoms with Crippen molar-refractivity contribution >= 4 is 22.5 Å². The third-order valence-electron chi connectivity index (χ3n) is 3.53. The highest BCUT2D eigenvalue weighted by Gasteiger charge is 2.14. The fourth-order valence-corrected chi connectivity index (χ4v) is 2.60. The number of H-pyrrole nitrogens is 1. The van der Waals surface area contributed by atoms with E-state index in [2.05, 4.69) is 25.3 Å². The van der Waals surface area contributed by atoms with Crippen molar-refractivity contribution in [2.45, 2.75) is 20.0 Å². The molecule has 3 heterocycles. The Morgan fingerprint density at radius 3 is 2.84 bits per heavy atom. The van der Waals surface area contributed by atoms with Crippen molar-refractivity contribution in [2.24, 2.45) is 0 Å². The van der Waals surface area contributed by atoms with E-state index in [1.807, 2.05) is 32.0 Å². The van der Waals surface area contributed by atoms with Gasteiger partial charge in [-0.05, 0) is 38.1 Å². The quantitative estimate of drug-likeness (QED) is 0.592. The van der Waals surface area contributed by atoms with Crippen LogP contribution in [-0.4, -0.2) is 31.4 Å². The maximum Gasteiger partial charge on any atom is 0.259 e.